The lowest BCUT2D eigenvalue weighted by Gasteiger charge is -2.21. The van der Waals surface area contributed by atoms with Crippen molar-refractivity contribution in [1.82, 2.24) is 0 Å². The van der Waals surface area contributed by atoms with Crippen LogP contribution < -0.4 is 4.74 Å². The van der Waals surface area contributed by atoms with Gasteiger partial charge < -0.3 is 9.84 Å². The Kier molecular flexibility index (Phi) is 4.24. The molecule has 0 aliphatic carbocycles. The maximum absolute atomic E-state index is 12.4. The molecule has 0 aromatic heterocycles. The van der Waals surface area contributed by atoms with E-state index in [1.54, 1.807) is 31.4 Å². The molecule has 0 saturated heterocycles. The predicted molar refractivity (Wildman–Crippen MR) is 57.9 cm³/mol. The normalized spacial score (nSPS) is 14.9. The molecule has 0 bridgehead atoms. The fourth-order valence-electron chi connectivity index (χ4n) is 1.30. The second kappa shape index (κ2) is 5.25. The van der Waals surface area contributed by atoms with Gasteiger partial charge in [-0.3, -0.25) is 0 Å². The van der Waals surface area contributed by atoms with E-state index < -0.39 is 12.0 Å². The number of hydrogen-bond acceptors (Lipinski definition) is 2. The summed E-state index contributed by atoms with van der Waals surface area (Å²) in [5, 5.41) is 9.38. The van der Waals surface area contributed by atoms with Crippen molar-refractivity contribution in [2.24, 2.45) is 0 Å². The summed E-state index contributed by atoms with van der Waals surface area (Å²) in [5.74, 6) is 0.726. The summed E-state index contributed by atoms with van der Waals surface area (Å²) >= 11 is 0. The topological polar surface area (TPSA) is 29.5 Å². The Morgan fingerprint density at radius 2 is 1.88 bits per heavy atom. The zero-order valence-corrected chi connectivity index (χ0v) is 9.41. The zero-order chi connectivity index (χ0) is 12.2. The lowest BCUT2D eigenvalue weighted by Crippen LogP contribution is -2.33. The van der Waals surface area contributed by atoms with Crippen molar-refractivity contribution in [3.05, 3.63) is 29.8 Å². The molecular weight excluding hydrogens is 214 g/mol. The minimum atomic E-state index is -2.72. The van der Waals surface area contributed by atoms with Crippen LogP contribution in [0.5, 0.6) is 5.75 Å². The standard InChI is InChI=1S/C12H16F2O2/c1-12(15,11(13)14)8-7-9-3-5-10(16-2)6-4-9/h3-6,11,15H,7-8H2,1-2H3. The van der Waals surface area contributed by atoms with Gasteiger partial charge in [-0.1, -0.05) is 12.1 Å². The van der Waals surface area contributed by atoms with Crippen molar-refractivity contribution in [2.45, 2.75) is 31.8 Å². The van der Waals surface area contributed by atoms with E-state index in [-0.39, 0.29) is 6.42 Å². The maximum atomic E-state index is 12.4. The summed E-state index contributed by atoms with van der Waals surface area (Å²) in [6, 6.07) is 7.15. The van der Waals surface area contributed by atoms with Gasteiger partial charge in [0.25, 0.3) is 6.43 Å². The van der Waals surface area contributed by atoms with Crippen molar-refractivity contribution in [2.75, 3.05) is 7.11 Å². The van der Waals surface area contributed by atoms with Crippen LogP contribution in [0.2, 0.25) is 0 Å². The minimum Gasteiger partial charge on any atom is -0.497 e. The highest BCUT2D eigenvalue weighted by molar-refractivity contribution is 5.27. The Balaban J connectivity index is 2.54. The molecule has 0 radical (unpaired) electrons. The maximum Gasteiger partial charge on any atom is 0.266 e. The molecule has 2 nitrogen and oxygen atoms in total. The lowest BCUT2D eigenvalue weighted by atomic mass is 9.97. The fourth-order valence-corrected chi connectivity index (χ4v) is 1.30. The predicted octanol–water partition coefficient (Wildman–Crippen LogP) is 2.64. The van der Waals surface area contributed by atoms with E-state index in [2.05, 4.69) is 0 Å². The summed E-state index contributed by atoms with van der Waals surface area (Å²) in [7, 11) is 1.57. The molecule has 16 heavy (non-hydrogen) atoms. The molecule has 1 N–H and O–H groups in total. The Morgan fingerprint density at radius 1 is 1.31 bits per heavy atom. The van der Waals surface area contributed by atoms with Gasteiger partial charge in [-0.05, 0) is 37.5 Å². The molecule has 0 spiro atoms. The number of aliphatic hydroxyl groups is 1. The SMILES string of the molecule is COc1ccc(CCC(C)(O)C(F)F)cc1. The van der Waals surface area contributed by atoms with Crippen LogP contribution in [0, 0.1) is 0 Å². The Morgan fingerprint density at radius 3 is 2.31 bits per heavy atom. The number of benzene rings is 1. The van der Waals surface area contributed by atoms with Gasteiger partial charge >= 0.3 is 0 Å². The third kappa shape index (κ3) is 3.45. The van der Waals surface area contributed by atoms with E-state index in [1.165, 1.54) is 0 Å². The number of rotatable bonds is 5. The van der Waals surface area contributed by atoms with E-state index in [0.29, 0.717) is 6.42 Å². The van der Waals surface area contributed by atoms with Gasteiger partial charge in [-0.25, -0.2) is 8.78 Å². The van der Waals surface area contributed by atoms with Crippen molar-refractivity contribution >= 4 is 0 Å². The number of alkyl halides is 2. The molecule has 0 amide bonds. The average Bonchev–Trinajstić information content (AvgIpc) is 2.27. The molecule has 1 atom stereocenters. The summed E-state index contributed by atoms with van der Waals surface area (Å²) in [6.07, 6.45) is -2.26. The molecule has 1 aromatic carbocycles. The Bertz CT molecular complexity index is 320. The second-order valence-corrected chi connectivity index (χ2v) is 4.01. The van der Waals surface area contributed by atoms with Crippen LogP contribution in [-0.2, 0) is 6.42 Å². The van der Waals surface area contributed by atoms with Crippen molar-refractivity contribution in [3.8, 4) is 5.75 Å². The van der Waals surface area contributed by atoms with E-state index in [1.807, 2.05) is 0 Å². The van der Waals surface area contributed by atoms with E-state index in [4.69, 9.17) is 4.74 Å². The average molecular weight is 230 g/mol. The van der Waals surface area contributed by atoms with Gasteiger partial charge in [0, 0.05) is 0 Å². The summed E-state index contributed by atoms with van der Waals surface area (Å²) in [5.41, 5.74) is -1.01. The van der Waals surface area contributed by atoms with Crippen LogP contribution in [0.4, 0.5) is 8.78 Å². The number of aryl methyl sites for hydroxylation is 1. The molecule has 1 aromatic rings. The number of halogens is 2. The largest absolute Gasteiger partial charge is 0.497 e. The first-order valence-electron chi connectivity index (χ1n) is 5.09. The molecule has 0 fully saturated rings. The molecule has 90 valence electrons. The highest BCUT2D eigenvalue weighted by Gasteiger charge is 2.31. The highest BCUT2D eigenvalue weighted by atomic mass is 19.3. The summed E-state index contributed by atoms with van der Waals surface area (Å²) in [6.45, 7) is 1.15. The first-order chi connectivity index (χ1) is 7.45. The van der Waals surface area contributed by atoms with Crippen molar-refractivity contribution in [3.63, 3.8) is 0 Å². The van der Waals surface area contributed by atoms with Gasteiger partial charge in [-0.2, -0.15) is 0 Å². The van der Waals surface area contributed by atoms with E-state index in [9.17, 15) is 13.9 Å². The van der Waals surface area contributed by atoms with Crippen molar-refractivity contribution in [1.29, 1.82) is 0 Å². The van der Waals surface area contributed by atoms with Gasteiger partial charge in [-0.15, -0.1) is 0 Å². The molecule has 0 saturated carbocycles. The third-order valence-electron chi connectivity index (χ3n) is 2.55. The Hall–Kier alpha value is -1.16. The van der Waals surface area contributed by atoms with Crippen LogP contribution in [-0.4, -0.2) is 24.2 Å². The van der Waals surface area contributed by atoms with Crippen LogP contribution in [0.15, 0.2) is 24.3 Å². The monoisotopic (exact) mass is 230 g/mol. The fraction of sp³-hybridized carbons (Fsp3) is 0.500. The molecule has 1 unspecified atom stereocenters. The van der Waals surface area contributed by atoms with Gasteiger partial charge in [0.1, 0.15) is 11.4 Å². The van der Waals surface area contributed by atoms with Crippen LogP contribution in [0.25, 0.3) is 0 Å². The zero-order valence-electron chi connectivity index (χ0n) is 9.41. The van der Waals surface area contributed by atoms with Gasteiger partial charge in [0.2, 0.25) is 0 Å². The number of ether oxygens (including phenoxy) is 1. The Labute approximate surface area is 93.9 Å². The van der Waals surface area contributed by atoms with E-state index >= 15 is 0 Å². The number of methoxy groups -OCH3 is 1. The smallest absolute Gasteiger partial charge is 0.266 e. The first kappa shape index (κ1) is 12.9. The second-order valence-electron chi connectivity index (χ2n) is 4.01. The third-order valence-corrected chi connectivity index (χ3v) is 2.55. The van der Waals surface area contributed by atoms with Gasteiger partial charge in [0.05, 0.1) is 7.11 Å². The summed E-state index contributed by atoms with van der Waals surface area (Å²) < 4.78 is 29.7. The molecule has 1 rings (SSSR count). The van der Waals surface area contributed by atoms with Gasteiger partial charge in [0.15, 0.2) is 0 Å². The quantitative estimate of drug-likeness (QED) is 0.842. The lowest BCUT2D eigenvalue weighted by molar-refractivity contribution is -0.0873. The number of hydrogen-bond donors (Lipinski definition) is 1. The molecule has 0 aliphatic heterocycles. The molecule has 4 heteroatoms. The molecule has 0 heterocycles. The van der Waals surface area contributed by atoms with Crippen molar-refractivity contribution < 1.29 is 18.6 Å². The highest BCUT2D eigenvalue weighted by Crippen LogP contribution is 2.22. The minimum absolute atomic E-state index is 0.0387. The molecule has 0 aliphatic rings. The van der Waals surface area contributed by atoms with E-state index in [0.717, 1.165) is 18.2 Å². The molecular formula is C12H16F2O2. The summed E-state index contributed by atoms with van der Waals surface area (Å²) in [4.78, 5) is 0. The van der Waals surface area contributed by atoms with Crippen LogP contribution in [0.1, 0.15) is 18.9 Å². The van der Waals surface area contributed by atoms with Crippen LogP contribution in [0.3, 0.4) is 0 Å². The first-order valence-corrected chi connectivity index (χ1v) is 5.09. The van der Waals surface area contributed by atoms with Crippen LogP contribution >= 0.6 is 0 Å².